The molecule has 2 aromatic rings. The highest BCUT2D eigenvalue weighted by Crippen LogP contribution is 2.35. The smallest absolute Gasteiger partial charge is 0.411 e. The van der Waals surface area contributed by atoms with E-state index >= 15 is 0 Å². The van der Waals surface area contributed by atoms with Gasteiger partial charge in [-0.1, -0.05) is 60.7 Å². The monoisotopic (exact) mass is 395 g/mol. The first kappa shape index (κ1) is 20.4. The van der Waals surface area contributed by atoms with E-state index in [1.165, 1.54) is 11.8 Å². The lowest BCUT2D eigenvalue weighted by molar-refractivity contribution is -0.143. The van der Waals surface area contributed by atoms with Crippen LogP contribution in [0.2, 0.25) is 0 Å². The molecule has 7 nitrogen and oxygen atoms in total. The van der Waals surface area contributed by atoms with E-state index < -0.39 is 29.5 Å². The molecule has 0 aliphatic carbocycles. The van der Waals surface area contributed by atoms with E-state index in [0.29, 0.717) is 19.4 Å². The van der Waals surface area contributed by atoms with Gasteiger partial charge in [-0.05, 0) is 24.5 Å². The highest BCUT2D eigenvalue weighted by Gasteiger charge is 2.54. The number of primary amides is 1. The van der Waals surface area contributed by atoms with Crippen molar-refractivity contribution >= 4 is 17.9 Å². The van der Waals surface area contributed by atoms with Crippen LogP contribution < -0.4 is 11.1 Å². The molecule has 3 rings (SSSR count). The van der Waals surface area contributed by atoms with Gasteiger partial charge < -0.3 is 15.8 Å². The molecule has 0 aromatic heterocycles. The fourth-order valence-corrected chi connectivity index (χ4v) is 3.39. The number of benzene rings is 2. The molecule has 0 bridgehead atoms. The third kappa shape index (κ3) is 4.56. The van der Waals surface area contributed by atoms with Crippen LogP contribution in [0.3, 0.4) is 0 Å². The zero-order valence-electron chi connectivity index (χ0n) is 16.3. The first-order chi connectivity index (χ1) is 13.9. The maximum Gasteiger partial charge on any atom is 0.411 e. The predicted octanol–water partition coefficient (Wildman–Crippen LogP) is 2.00. The molecule has 0 spiro atoms. The molecule has 152 valence electrons. The van der Waals surface area contributed by atoms with Crippen LogP contribution in [0.1, 0.15) is 24.5 Å². The van der Waals surface area contributed by atoms with Crippen molar-refractivity contribution in [3.05, 3.63) is 71.8 Å². The lowest BCUT2D eigenvalue weighted by Gasteiger charge is -2.50. The minimum absolute atomic E-state index is 0.122. The second-order valence-corrected chi connectivity index (χ2v) is 7.23. The Morgan fingerprint density at radius 3 is 2.17 bits per heavy atom. The summed E-state index contributed by atoms with van der Waals surface area (Å²) in [6.45, 7) is 2.04. The van der Waals surface area contributed by atoms with E-state index in [0.717, 1.165) is 11.1 Å². The molecule has 3 amide bonds. The average Bonchev–Trinajstić information content (AvgIpc) is 2.71. The molecule has 29 heavy (non-hydrogen) atoms. The van der Waals surface area contributed by atoms with Gasteiger partial charge in [0.15, 0.2) is 0 Å². The number of nitrogens with one attached hydrogen (secondary N) is 1. The Bertz CT molecular complexity index is 872. The Labute approximate surface area is 169 Å². The number of ether oxygens (including phenoxy) is 1. The Morgan fingerprint density at radius 1 is 1.07 bits per heavy atom. The van der Waals surface area contributed by atoms with Gasteiger partial charge in [-0.3, -0.25) is 14.5 Å². The van der Waals surface area contributed by atoms with Crippen molar-refractivity contribution in [2.45, 2.75) is 38.0 Å². The number of carbonyl (C=O) groups excluding carboxylic acids is 3. The van der Waals surface area contributed by atoms with Crippen molar-refractivity contribution in [3.63, 3.8) is 0 Å². The van der Waals surface area contributed by atoms with Crippen LogP contribution in [0.5, 0.6) is 0 Å². The average molecular weight is 395 g/mol. The van der Waals surface area contributed by atoms with Gasteiger partial charge in [-0.25, -0.2) is 4.79 Å². The molecule has 1 heterocycles. The summed E-state index contributed by atoms with van der Waals surface area (Å²) < 4.78 is 5.44. The van der Waals surface area contributed by atoms with Gasteiger partial charge >= 0.3 is 6.09 Å². The van der Waals surface area contributed by atoms with Gasteiger partial charge in [-0.2, -0.15) is 0 Å². The van der Waals surface area contributed by atoms with E-state index in [4.69, 9.17) is 10.5 Å². The summed E-state index contributed by atoms with van der Waals surface area (Å²) in [4.78, 5) is 38.7. The first-order valence-corrected chi connectivity index (χ1v) is 9.55. The topological polar surface area (TPSA) is 102 Å². The van der Waals surface area contributed by atoms with Crippen molar-refractivity contribution in [3.8, 4) is 0 Å². The van der Waals surface area contributed by atoms with Crippen LogP contribution in [0.4, 0.5) is 4.79 Å². The molecule has 2 aromatic carbocycles. The van der Waals surface area contributed by atoms with Crippen LogP contribution >= 0.6 is 0 Å². The number of nitrogens with two attached hydrogens (primary N) is 1. The van der Waals surface area contributed by atoms with Crippen LogP contribution in [-0.4, -0.2) is 40.9 Å². The van der Waals surface area contributed by atoms with Crippen molar-refractivity contribution in [1.82, 2.24) is 10.2 Å². The van der Waals surface area contributed by atoms with Gasteiger partial charge in [0, 0.05) is 13.0 Å². The van der Waals surface area contributed by atoms with Crippen LogP contribution in [-0.2, 0) is 27.4 Å². The van der Waals surface area contributed by atoms with E-state index in [-0.39, 0.29) is 6.61 Å². The summed E-state index contributed by atoms with van der Waals surface area (Å²) in [5, 5.41) is 2.64. The maximum atomic E-state index is 13.1. The zero-order valence-corrected chi connectivity index (χ0v) is 16.3. The van der Waals surface area contributed by atoms with E-state index in [1.807, 2.05) is 60.7 Å². The minimum Gasteiger partial charge on any atom is -0.445 e. The third-order valence-corrected chi connectivity index (χ3v) is 5.23. The number of carbonyl (C=O) groups is 3. The normalized spacial score (nSPS) is 19.0. The lowest BCUT2D eigenvalue weighted by atomic mass is 9.78. The molecule has 1 aliphatic rings. The Kier molecular flexibility index (Phi) is 6.16. The number of nitrogens with zero attached hydrogens (tertiary/aromatic N) is 1. The van der Waals surface area contributed by atoms with Crippen molar-refractivity contribution in [1.29, 1.82) is 0 Å². The number of hydrogen-bond donors (Lipinski definition) is 2. The molecule has 1 fully saturated rings. The maximum absolute atomic E-state index is 13.1. The van der Waals surface area contributed by atoms with Gasteiger partial charge in [0.25, 0.3) is 0 Å². The largest absolute Gasteiger partial charge is 0.445 e. The molecule has 1 aliphatic heterocycles. The molecule has 0 saturated carbocycles. The highest BCUT2D eigenvalue weighted by molar-refractivity contribution is 5.95. The van der Waals surface area contributed by atoms with Crippen LogP contribution in [0.25, 0.3) is 0 Å². The van der Waals surface area contributed by atoms with E-state index in [1.54, 1.807) is 0 Å². The second kappa shape index (κ2) is 8.77. The molecule has 7 heteroatoms. The summed E-state index contributed by atoms with van der Waals surface area (Å²) in [5.74, 6) is -1.04. The first-order valence-electron chi connectivity index (χ1n) is 9.55. The third-order valence-electron chi connectivity index (χ3n) is 5.23. The molecule has 0 radical (unpaired) electrons. The Balaban J connectivity index is 1.77. The summed E-state index contributed by atoms with van der Waals surface area (Å²) in [6, 6.07) is 18.0. The molecule has 1 unspecified atom stereocenters. The highest BCUT2D eigenvalue weighted by atomic mass is 16.6. The summed E-state index contributed by atoms with van der Waals surface area (Å²) in [6.07, 6.45) is 0.239. The Hall–Kier alpha value is -3.35. The fraction of sp³-hybridized carbons (Fsp3) is 0.318. The van der Waals surface area contributed by atoms with Gasteiger partial charge in [0.2, 0.25) is 11.8 Å². The lowest BCUT2D eigenvalue weighted by Crippen LogP contribution is -2.71. The van der Waals surface area contributed by atoms with Crippen molar-refractivity contribution in [2.75, 3.05) is 6.54 Å². The van der Waals surface area contributed by atoms with Crippen molar-refractivity contribution < 1.29 is 19.1 Å². The van der Waals surface area contributed by atoms with Crippen LogP contribution in [0, 0.1) is 0 Å². The van der Waals surface area contributed by atoms with Gasteiger partial charge in [0.05, 0.1) is 0 Å². The Morgan fingerprint density at radius 2 is 1.66 bits per heavy atom. The predicted molar refractivity (Wildman–Crippen MR) is 108 cm³/mol. The standard InChI is InChI=1S/C22H25N3O4/c1-16(19(23)26)24-20(27)22(14-17-8-4-2-5-9-17)12-13-25(22)21(28)29-15-18-10-6-3-7-11-18/h2-11,16H,12-15H2,1H3,(H2,23,26)(H,24,27)/t16-,22?/m0/s1. The molecule has 2 atom stereocenters. The zero-order chi connectivity index (χ0) is 20.9. The number of rotatable bonds is 7. The summed E-state index contributed by atoms with van der Waals surface area (Å²) in [5.41, 5.74) is 5.95. The molecular formula is C22H25N3O4. The van der Waals surface area contributed by atoms with Crippen LogP contribution in [0.15, 0.2) is 60.7 Å². The van der Waals surface area contributed by atoms with E-state index in [9.17, 15) is 14.4 Å². The quantitative estimate of drug-likeness (QED) is 0.749. The number of hydrogen-bond acceptors (Lipinski definition) is 4. The summed E-state index contributed by atoms with van der Waals surface area (Å²) >= 11 is 0. The molecular weight excluding hydrogens is 370 g/mol. The molecule has 1 saturated heterocycles. The van der Waals surface area contributed by atoms with Gasteiger partial charge in [-0.15, -0.1) is 0 Å². The minimum atomic E-state index is -1.11. The number of amides is 3. The second-order valence-electron chi connectivity index (χ2n) is 7.23. The fourth-order valence-electron chi connectivity index (χ4n) is 3.39. The number of likely N-dealkylation sites (tertiary alicyclic amines) is 1. The van der Waals surface area contributed by atoms with E-state index in [2.05, 4.69) is 5.32 Å². The van der Waals surface area contributed by atoms with Crippen molar-refractivity contribution in [2.24, 2.45) is 5.73 Å². The van der Waals surface area contributed by atoms with Gasteiger partial charge in [0.1, 0.15) is 18.2 Å². The SMILES string of the molecule is C[C@H](NC(=O)C1(Cc2ccccc2)CCN1C(=O)OCc1ccccc1)C(N)=O. The summed E-state index contributed by atoms with van der Waals surface area (Å²) in [7, 11) is 0. The molecule has 3 N–H and O–H groups in total.